The highest BCUT2D eigenvalue weighted by Crippen LogP contribution is 2.13. The number of hydrogen-bond acceptors (Lipinski definition) is 4. The molecule has 1 amide bonds. The molecule has 144 valence electrons. The lowest BCUT2D eigenvalue weighted by molar-refractivity contribution is -0.147. The highest BCUT2D eigenvalue weighted by molar-refractivity contribution is 5.84. The maximum Gasteiger partial charge on any atom is 0.328 e. The second kappa shape index (κ2) is 11.0. The van der Waals surface area contributed by atoms with Crippen LogP contribution in [0.4, 0.5) is 0 Å². The summed E-state index contributed by atoms with van der Waals surface area (Å²) in [6, 6.07) is 16.6. The van der Waals surface area contributed by atoms with Gasteiger partial charge < -0.3 is 14.8 Å². The number of nitrogens with one attached hydrogen (secondary N) is 1. The number of carbonyl (C=O) groups is 2. The van der Waals surface area contributed by atoms with E-state index in [1.165, 1.54) is 0 Å². The van der Waals surface area contributed by atoms with E-state index in [-0.39, 0.29) is 12.5 Å². The van der Waals surface area contributed by atoms with E-state index < -0.39 is 12.0 Å². The van der Waals surface area contributed by atoms with Gasteiger partial charge in [-0.15, -0.1) is 0 Å². The Labute approximate surface area is 160 Å². The first-order chi connectivity index (χ1) is 13.1. The first kappa shape index (κ1) is 20.5. The molecule has 0 aromatic heterocycles. The topological polar surface area (TPSA) is 64.6 Å². The first-order valence-corrected chi connectivity index (χ1v) is 9.34. The normalized spacial score (nSPS) is 11.5. The van der Waals surface area contributed by atoms with Crippen LogP contribution in [0.5, 0.6) is 5.75 Å². The molecule has 27 heavy (non-hydrogen) atoms. The van der Waals surface area contributed by atoms with Crippen molar-refractivity contribution in [3.63, 3.8) is 0 Å². The summed E-state index contributed by atoms with van der Waals surface area (Å²) in [5.41, 5.74) is 2.02. The highest BCUT2D eigenvalue weighted by atomic mass is 16.5. The average Bonchev–Trinajstić information content (AvgIpc) is 2.68. The Bertz CT molecular complexity index is 713. The molecule has 2 aromatic carbocycles. The molecule has 0 saturated carbocycles. The van der Waals surface area contributed by atoms with Crippen LogP contribution in [-0.2, 0) is 27.2 Å². The number of amides is 1. The van der Waals surface area contributed by atoms with Crippen molar-refractivity contribution >= 4 is 11.9 Å². The minimum Gasteiger partial charge on any atom is -0.494 e. The maximum atomic E-state index is 12.4. The van der Waals surface area contributed by atoms with E-state index in [1.54, 1.807) is 6.92 Å². The van der Waals surface area contributed by atoms with Gasteiger partial charge in [0.05, 0.1) is 13.2 Å². The van der Waals surface area contributed by atoms with Gasteiger partial charge in [-0.05, 0) is 43.5 Å². The molecule has 1 unspecified atom stereocenters. The van der Waals surface area contributed by atoms with Gasteiger partial charge >= 0.3 is 5.97 Å². The lowest BCUT2D eigenvalue weighted by Gasteiger charge is -2.17. The lowest BCUT2D eigenvalue weighted by atomic mass is 10.1. The van der Waals surface area contributed by atoms with Crippen LogP contribution in [0.1, 0.15) is 31.4 Å². The SMILES string of the molecule is CCOC(=O)C(Cc1ccccc1)NC(=O)CCc1ccc(OCC)cc1. The molecule has 1 N–H and O–H groups in total. The van der Waals surface area contributed by atoms with Crippen LogP contribution in [-0.4, -0.2) is 31.1 Å². The van der Waals surface area contributed by atoms with E-state index in [0.717, 1.165) is 16.9 Å². The number of esters is 1. The summed E-state index contributed by atoms with van der Waals surface area (Å²) in [4.78, 5) is 24.6. The standard InChI is InChI=1S/C22H27NO4/c1-3-26-19-13-10-17(11-14-19)12-15-21(24)23-20(22(25)27-4-2)16-18-8-6-5-7-9-18/h5-11,13-14,20H,3-4,12,15-16H2,1-2H3,(H,23,24). The van der Waals surface area contributed by atoms with Gasteiger partial charge in [0.1, 0.15) is 11.8 Å². The summed E-state index contributed by atoms with van der Waals surface area (Å²) in [6.45, 7) is 4.60. The van der Waals surface area contributed by atoms with E-state index in [0.29, 0.717) is 25.9 Å². The summed E-state index contributed by atoms with van der Waals surface area (Å²) >= 11 is 0. The van der Waals surface area contributed by atoms with Crippen LogP contribution >= 0.6 is 0 Å². The van der Waals surface area contributed by atoms with Crippen molar-refractivity contribution in [3.05, 3.63) is 65.7 Å². The molecule has 0 aliphatic heterocycles. The van der Waals surface area contributed by atoms with E-state index in [2.05, 4.69) is 5.32 Å². The molecule has 0 radical (unpaired) electrons. The Hall–Kier alpha value is -2.82. The molecule has 0 bridgehead atoms. The zero-order valence-electron chi connectivity index (χ0n) is 15.9. The van der Waals surface area contributed by atoms with Crippen molar-refractivity contribution in [1.82, 2.24) is 5.32 Å². The van der Waals surface area contributed by atoms with Crippen LogP contribution in [0, 0.1) is 0 Å². The van der Waals surface area contributed by atoms with Crippen LogP contribution in [0.25, 0.3) is 0 Å². The Morgan fingerprint density at radius 2 is 1.63 bits per heavy atom. The molecule has 0 aliphatic carbocycles. The third kappa shape index (κ3) is 7.13. The first-order valence-electron chi connectivity index (χ1n) is 9.34. The predicted molar refractivity (Wildman–Crippen MR) is 105 cm³/mol. The van der Waals surface area contributed by atoms with Crippen LogP contribution in [0.2, 0.25) is 0 Å². The second-order valence-corrected chi connectivity index (χ2v) is 6.14. The zero-order valence-corrected chi connectivity index (χ0v) is 15.9. The van der Waals surface area contributed by atoms with E-state index in [9.17, 15) is 9.59 Å². The van der Waals surface area contributed by atoms with Gasteiger partial charge in [0, 0.05) is 12.8 Å². The number of rotatable bonds is 10. The smallest absolute Gasteiger partial charge is 0.328 e. The van der Waals surface area contributed by atoms with Gasteiger partial charge in [0.2, 0.25) is 5.91 Å². The van der Waals surface area contributed by atoms with Crippen molar-refractivity contribution in [2.45, 2.75) is 39.2 Å². The number of ether oxygens (including phenoxy) is 2. The van der Waals surface area contributed by atoms with Gasteiger partial charge in [0.15, 0.2) is 0 Å². The summed E-state index contributed by atoms with van der Waals surface area (Å²) in [5, 5.41) is 2.81. The Morgan fingerprint density at radius 3 is 2.26 bits per heavy atom. The van der Waals surface area contributed by atoms with E-state index >= 15 is 0 Å². The lowest BCUT2D eigenvalue weighted by Crippen LogP contribution is -2.43. The molecule has 0 aliphatic rings. The molecule has 2 aromatic rings. The fourth-order valence-electron chi connectivity index (χ4n) is 2.73. The van der Waals surface area contributed by atoms with Crippen LogP contribution in [0.15, 0.2) is 54.6 Å². The molecule has 0 fully saturated rings. The summed E-state index contributed by atoms with van der Waals surface area (Å²) in [5.74, 6) is 0.240. The number of benzene rings is 2. The monoisotopic (exact) mass is 369 g/mol. The van der Waals surface area contributed by atoms with Crippen molar-refractivity contribution in [2.75, 3.05) is 13.2 Å². The third-order valence-corrected chi connectivity index (χ3v) is 4.06. The number of aryl methyl sites for hydroxylation is 1. The largest absolute Gasteiger partial charge is 0.494 e. The fourth-order valence-corrected chi connectivity index (χ4v) is 2.73. The van der Waals surface area contributed by atoms with Gasteiger partial charge in [-0.1, -0.05) is 42.5 Å². The average molecular weight is 369 g/mol. The summed E-state index contributed by atoms with van der Waals surface area (Å²) in [6.07, 6.45) is 1.31. The van der Waals surface area contributed by atoms with Crippen molar-refractivity contribution in [2.24, 2.45) is 0 Å². The Balaban J connectivity index is 1.91. The molecule has 2 rings (SSSR count). The molecule has 0 heterocycles. The van der Waals surface area contributed by atoms with Crippen LogP contribution < -0.4 is 10.1 Å². The molecular weight excluding hydrogens is 342 g/mol. The fraction of sp³-hybridized carbons (Fsp3) is 0.364. The zero-order chi connectivity index (χ0) is 19.5. The number of hydrogen-bond donors (Lipinski definition) is 1. The molecular formula is C22H27NO4. The van der Waals surface area contributed by atoms with E-state index in [4.69, 9.17) is 9.47 Å². The van der Waals surface area contributed by atoms with Crippen LogP contribution in [0.3, 0.4) is 0 Å². The van der Waals surface area contributed by atoms with E-state index in [1.807, 2.05) is 61.5 Å². The Kier molecular flexibility index (Phi) is 8.36. The van der Waals surface area contributed by atoms with Crippen molar-refractivity contribution < 1.29 is 19.1 Å². The number of carbonyl (C=O) groups excluding carboxylic acids is 2. The van der Waals surface area contributed by atoms with Gasteiger partial charge in [-0.3, -0.25) is 4.79 Å². The molecule has 5 nitrogen and oxygen atoms in total. The highest BCUT2D eigenvalue weighted by Gasteiger charge is 2.22. The molecule has 5 heteroatoms. The van der Waals surface area contributed by atoms with Gasteiger partial charge in [0.25, 0.3) is 0 Å². The van der Waals surface area contributed by atoms with Crippen molar-refractivity contribution in [3.8, 4) is 5.75 Å². The van der Waals surface area contributed by atoms with Gasteiger partial charge in [-0.2, -0.15) is 0 Å². The molecule has 0 saturated heterocycles. The second-order valence-electron chi connectivity index (χ2n) is 6.14. The quantitative estimate of drug-likeness (QED) is 0.653. The minimum atomic E-state index is -0.680. The van der Waals surface area contributed by atoms with Gasteiger partial charge in [-0.25, -0.2) is 4.79 Å². The van der Waals surface area contributed by atoms with Crippen molar-refractivity contribution in [1.29, 1.82) is 0 Å². The minimum absolute atomic E-state index is 0.169. The molecule has 1 atom stereocenters. The summed E-state index contributed by atoms with van der Waals surface area (Å²) in [7, 11) is 0. The third-order valence-electron chi connectivity index (χ3n) is 4.06. The Morgan fingerprint density at radius 1 is 0.926 bits per heavy atom. The summed E-state index contributed by atoms with van der Waals surface area (Å²) < 4.78 is 10.5. The molecule has 0 spiro atoms. The predicted octanol–water partition coefficient (Wildman–Crippen LogP) is 3.31. The maximum absolute atomic E-state index is 12.4.